The second-order valence-corrected chi connectivity index (χ2v) is 6.51. The lowest BCUT2D eigenvalue weighted by molar-refractivity contribution is -0.116. The van der Waals surface area contributed by atoms with Gasteiger partial charge in [0.2, 0.25) is 5.91 Å². The Balaban J connectivity index is 1.62. The highest BCUT2D eigenvalue weighted by molar-refractivity contribution is 5.97. The maximum Gasteiger partial charge on any atom is 0.251 e. The molecule has 8 nitrogen and oxygen atoms in total. The molecule has 0 saturated carbocycles. The van der Waals surface area contributed by atoms with Gasteiger partial charge < -0.3 is 15.4 Å². The van der Waals surface area contributed by atoms with E-state index in [9.17, 15) is 9.59 Å². The van der Waals surface area contributed by atoms with E-state index in [1.54, 1.807) is 30.1 Å². The van der Waals surface area contributed by atoms with Gasteiger partial charge in [-0.05, 0) is 43.5 Å². The monoisotopic (exact) mass is 357 g/mol. The molecule has 8 heteroatoms. The molecule has 1 atom stereocenters. The van der Waals surface area contributed by atoms with Crippen LogP contribution in [-0.2, 0) is 29.1 Å². The first-order valence-electron chi connectivity index (χ1n) is 8.66. The van der Waals surface area contributed by atoms with Gasteiger partial charge in [0.05, 0.1) is 19.3 Å². The van der Waals surface area contributed by atoms with Crippen LogP contribution < -0.4 is 10.6 Å². The lowest BCUT2D eigenvalue weighted by Gasteiger charge is -2.15. The average Bonchev–Trinajstić information content (AvgIpc) is 2.94. The van der Waals surface area contributed by atoms with Gasteiger partial charge in [-0.3, -0.25) is 14.3 Å². The van der Waals surface area contributed by atoms with E-state index in [-0.39, 0.29) is 17.9 Å². The molecule has 2 N–H and O–H groups in total. The zero-order chi connectivity index (χ0) is 18.5. The molecule has 2 amide bonds. The van der Waals surface area contributed by atoms with Crippen LogP contribution in [0.4, 0.5) is 5.69 Å². The molecule has 138 valence electrons. The van der Waals surface area contributed by atoms with Crippen molar-refractivity contribution in [3.63, 3.8) is 0 Å². The predicted molar refractivity (Wildman–Crippen MR) is 95.7 cm³/mol. The molecule has 0 bridgehead atoms. The van der Waals surface area contributed by atoms with Crippen molar-refractivity contribution >= 4 is 17.5 Å². The number of anilines is 1. The van der Waals surface area contributed by atoms with E-state index < -0.39 is 0 Å². The molecule has 0 saturated heterocycles. The van der Waals surface area contributed by atoms with Crippen molar-refractivity contribution in [3.8, 4) is 0 Å². The third-order valence-electron chi connectivity index (χ3n) is 4.21. The molecular formula is C18H23N5O3. The minimum absolute atomic E-state index is 0.0234. The zero-order valence-corrected chi connectivity index (χ0v) is 15.0. The van der Waals surface area contributed by atoms with Crippen molar-refractivity contribution in [2.75, 3.05) is 12.4 Å². The van der Waals surface area contributed by atoms with Gasteiger partial charge in [-0.2, -0.15) is 0 Å². The molecule has 0 aliphatic carbocycles. The predicted octanol–water partition coefficient (Wildman–Crippen LogP) is 1.52. The second-order valence-electron chi connectivity index (χ2n) is 6.51. The first-order valence-corrected chi connectivity index (χ1v) is 8.66. The van der Waals surface area contributed by atoms with Crippen LogP contribution in [0.2, 0.25) is 0 Å². The topological polar surface area (TPSA) is 98.1 Å². The lowest BCUT2D eigenvalue weighted by Crippen LogP contribution is -2.35. The van der Waals surface area contributed by atoms with E-state index in [1.165, 1.54) is 0 Å². The molecule has 3 rings (SSSR count). The summed E-state index contributed by atoms with van der Waals surface area (Å²) in [5.74, 6) is -0.122. The van der Waals surface area contributed by atoms with Crippen molar-refractivity contribution in [2.24, 2.45) is 0 Å². The van der Waals surface area contributed by atoms with E-state index in [0.717, 1.165) is 29.8 Å². The van der Waals surface area contributed by atoms with E-state index in [4.69, 9.17) is 4.74 Å². The van der Waals surface area contributed by atoms with Crippen LogP contribution in [0.1, 0.15) is 41.4 Å². The Morgan fingerprint density at radius 2 is 2.27 bits per heavy atom. The van der Waals surface area contributed by atoms with Crippen LogP contribution in [0.15, 0.2) is 24.4 Å². The first-order chi connectivity index (χ1) is 12.5. The van der Waals surface area contributed by atoms with Gasteiger partial charge in [0, 0.05) is 30.8 Å². The Morgan fingerprint density at radius 1 is 1.42 bits per heavy atom. The lowest BCUT2D eigenvalue weighted by atomic mass is 10.0. The molecule has 0 spiro atoms. The van der Waals surface area contributed by atoms with E-state index in [2.05, 4.69) is 20.9 Å². The summed E-state index contributed by atoms with van der Waals surface area (Å²) >= 11 is 0. The number of hydrogen-bond donors (Lipinski definition) is 2. The summed E-state index contributed by atoms with van der Waals surface area (Å²) in [4.78, 5) is 24.1. The molecule has 1 aliphatic heterocycles. The highest BCUT2D eigenvalue weighted by Crippen LogP contribution is 2.23. The standard InChI is InChI=1S/C18H23N5O3/c1-12(9-23-10-15(11-26-2)21-22-23)19-18(25)14-6-7-16-13(8-14)4-3-5-17(24)20-16/h6-8,10,12H,3-5,9,11H2,1-2H3,(H,19,25)(H,20,24)/t12-/m1/s1. The zero-order valence-electron chi connectivity index (χ0n) is 15.0. The first kappa shape index (κ1) is 18.1. The molecular weight excluding hydrogens is 334 g/mol. The number of benzene rings is 1. The van der Waals surface area contributed by atoms with E-state index >= 15 is 0 Å². The Morgan fingerprint density at radius 3 is 3.08 bits per heavy atom. The number of carbonyl (C=O) groups is 2. The van der Waals surface area contributed by atoms with Gasteiger partial charge >= 0.3 is 0 Å². The molecule has 1 aliphatic rings. The largest absolute Gasteiger partial charge is 0.378 e. The molecule has 1 aromatic carbocycles. The van der Waals surface area contributed by atoms with Crippen LogP contribution in [0.25, 0.3) is 0 Å². The fourth-order valence-corrected chi connectivity index (χ4v) is 2.99. The van der Waals surface area contributed by atoms with E-state index in [0.29, 0.717) is 25.1 Å². The van der Waals surface area contributed by atoms with Gasteiger partial charge in [0.25, 0.3) is 5.91 Å². The van der Waals surface area contributed by atoms with Crippen molar-refractivity contribution in [1.29, 1.82) is 0 Å². The van der Waals surface area contributed by atoms with Crippen LogP contribution in [0.5, 0.6) is 0 Å². The third kappa shape index (κ3) is 4.45. The maximum absolute atomic E-state index is 12.5. The van der Waals surface area contributed by atoms with Gasteiger partial charge in [0.15, 0.2) is 0 Å². The minimum Gasteiger partial charge on any atom is -0.378 e. The van der Waals surface area contributed by atoms with Crippen molar-refractivity contribution in [1.82, 2.24) is 20.3 Å². The van der Waals surface area contributed by atoms with Gasteiger partial charge in [0.1, 0.15) is 5.69 Å². The number of nitrogens with one attached hydrogen (secondary N) is 2. The number of aryl methyl sites for hydroxylation is 1. The Hall–Kier alpha value is -2.74. The van der Waals surface area contributed by atoms with Crippen LogP contribution in [0.3, 0.4) is 0 Å². The molecule has 26 heavy (non-hydrogen) atoms. The number of amides is 2. The van der Waals surface area contributed by atoms with Crippen LogP contribution >= 0.6 is 0 Å². The molecule has 2 heterocycles. The van der Waals surface area contributed by atoms with Gasteiger partial charge in [-0.1, -0.05) is 5.21 Å². The van der Waals surface area contributed by atoms with Crippen LogP contribution in [-0.4, -0.2) is 40.0 Å². The van der Waals surface area contributed by atoms with Gasteiger partial charge in [-0.15, -0.1) is 5.10 Å². The third-order valence-corrected chi connectivity index (χ3v) is 4.21. The number of rotatable bonds is 6. The number of methoxy groups -OCH3 is 1. The number of ether oxygens (including phenoxy) is 1. The molecule has 0 unspecified atom stereocenters. The second kappa shape index (κ2) is 8.09. The van der Waals surface area contributed by atoms with Gasteiger partial charge in [-0.25, -0.2) is 0 Å². The summed E-state index contributed by atoms with van der Waals surface area (Å²) in [5.41, 5.74) is 3.13. The molecule has 0 radical (unpaired) electrons. The normalized spacial score (nSPS) is 14.9. The minimum atomic E-state index is -0.145. The van der Waals surface area contributed by atoms with Crippen LogP contribution in [0, 0.1) is 0 Å². The number of hydrogen-bond acceptors (Lipinski definition) is 5. The molecule has 1 aromatic heterocycles. The fraction of sp³-hybridized carbons (Fsp3) is 0.444. The Labute approximate surface area is 151 Å². The fourth-order valence-electron chi connectivity index (χ4n) is 2.99. The van der Waals surface area contributed by atoms with E-state index in [1.807, 2.05) is 13.0 Å². The summed E-state index contributed by atoms with van der Waals surface area (Å²) in [7, 11) is 1.61. The highest BCUT2D eigenvalue weighted by Gasteiger charge is 2.16. The smallest absolute Gasteiger partial charge is 0.251 e. The number of nitrogens with zero attached hydrogens (tertiary/aromatic N) is 3. The summed E-state index contributed by atoms with van der Waals surface area (Å²) in [6.45, 7) is 2.84. The van der Waals surface area contributed by atoms with Crippen molar-refractivity contribution < 1.29 is 14.3 Å². The summed E-state index contributed by atoms with van der Waals surface area (Å²) in [5, 5.41) is 13.9. The Kier molecular flexibility index (Phi) is 5.62. The highest BCUT2D eigenvalue weighted by atomic mass is 16.5. The number of fused-ring (bicyclic) bond motifs is 1. The average molecular weight is 357 g/mol. The molecule has 0 fully saturated rings. The quantitative estimate of drug-likeness (QED) is 0.817. The summed E-state index contributed by atoms with van der Waals surface area (Å²) < 4.78 is 6.70. The summed E-state index contributed by atoms with van der Waals surface area (Å²) in [6.07, 6.45) is 3.88. The Bertz CT molecular complexity index is 802. The van der Waals surface area contributed by atoms with Crippen molar-refractivity contribution in [2.45, 2.75) is 45.4 Å². The maximum atomic E-state index is 12.5. The number of aromatic nitrogens is 3. The SMILES string of the molecule is COCc1cn(C[C@@H](C)NC(=O)c2ccc3c(c2)CCCC(=O)N3)nn1. The molecule has 2 aromatic rings. The summed E-state index contributed by atoms with van der Waals surface area (Å²) in [6, 6.07) is 5.28. The number of carbonyl (C=O) groups excluding carboxylic acids is 2. The van der Waals surface area contributed by atoms with Crippen molar-refractivity contribution in [3.05, 3.63) is 41.2 Å².